The van der Waals surface area contributed by atoms with E-state index in [2.05, 4.69) is 0 Å². The highest BCUT2D eigenvalue weighted by atomic mass is 16.3. The molecule has 27 heavy (non-hydrogen) atoms. The maximum atomic E-state index is 13.3. The number of carbonyl (C=O) groups excluding carboxylic acids is 2. The fraction of sp³-hybridized carbons (Fsp3) is 0.0435. The van der Waals surface area contributed by atoms with Gasteiger partial charge in [0, 0.05) is 11.1 Å². The van der Waals surface area contributed by atoms with Gasteiger partial charge in [0.05, 0.1) is 5.69 Å². The molecule has 0 fully saturated rings. The Kier molecular flexibility index (Phi) is 4.09. The molecule has 1 aliphatic rings. The van der Waals surface area contributed by atoms with Crippen molar-refractivity contribution in [3.05, 3.63) is 95.1 Å². The zero-order chi connectivity index (χ0) is 19.0. The Hall–Kier alpha value is -3.66. The van der Waals surface area contributed by atoms with Gasteiger partial charge in [-0.3, -0.25) is 9.59 Å². The van der Waals surface area contributed by atoms with Gasteiger partial charge < -0.3 is 5.11 Å². The monoisotopic (exact) mass is 355 g/mol. The molecule has 1 heterocycles. The fourth-order valence-corrected chi connectivity index (χ4v) is 3.23. The summed E-state index contributed by atoms with van der Waals surface area (Å²) in [4.78, 5) is 27.5. The number of carbonyl (C=O) groups is 2. The molecule has 0 aliphatic carbocycles. The van der Waals surface area contributed by atoms with E-state index in [1.165, 1.54) is 4.90 Å². The van der Waals surface area contributed by atoms with Crippen LogP contribution >= 0.6 is 0 Å². The average molecular weight is 355 g/mol. The average Bonchev–Trinajstić information content (AvgIpc) is 2.67. The second-order valence-corrected chi connectivity index (χ2v) is 6.48. The van der Waals surface area contributed by atoms with E-state index in [4.69, 9.17) is 0 Å². The van der Waals surface area contributed by atoms with Crippen molar-refractivity contribution < 1.29 is 14.7 Å². The van der Waals surface area contributed by atoms with Gasteiger partial charge in [-0.25, -0.2) is 4.90 Å². The lowest BCUT2D eigenvalue weighted by molar-refractivity contribution is -0.112. The highest BCUT2D eigenvalue weighted by Crippen LogP contribution is 2.33. The van der Waals surface area contributed by atoms with Crippen molar-refractivity contribution in [1.82, 2.24) is 0 Å². The Labute approximate surface area is 157 Å². The molecule has 4 rings (SSSR count). The van der Waals surface area contributed by atoms with Crippen LogP contribution in [0.2, 0.25) is 0 Å². The molecule has 0 radical (unpaired) electrons. The maximum Gasteiger partial charge on any atom is 0.265 e. The van der Waals surface area contributed by atoms with E-state index in [0.29, 0.717) is 22.4 Å². The van der Waals surface area contributed by atoms with Crippen molar-refractivity contribution in [2.45, 2.75) is 6.92 Å². The number of benzene rings is 3. The van der Waals surface area contributed by atoms with Crippen LogP contribution in [0.15, 0.2) is 72.8 Å². The molecule has 2 amide bonds. The Bertz CT molecular complexity index is 1080. The Balaban J connectivity index is 1.90. The number of aryl methyl sites for hydroxylation is 1. The third kappa shape index (κ3) is 3.02. The van der Waals surface area contributed by atoms with E-state index in [9.17, 15) is 14.7 Å². The fourth-order valence-electron chi connectivity index (χ4n) is 3.23. The van der Waals surface area contributed by atoms with E-state index >= 15 is 0 Å². The number of imide groups is 1. The predicted octanol–water partition coefficient (Wildman–Crippen LogP) is 4.43. The molecule has 132 valence electrons. The summed E-state index contributed by atoms with van der Waals surface area (Å²) in [6, 6.07) is 21.0. The summed E-state index contributed by atoms with van der Waals surface area (Å²) in [5, 5.41) is 9.48. The van der Waals surface area contributed by atoms with Gasteiger partial charge in [0.1, 0.15) is 5.75 Å². The lowest BCUT2D eigenvalue weighted by Crippen LogP contribution is -2.41. The first kappa shape index (κ1) is 16.8. The van der Waals surface area contributed by atoms with Crippen molar-refractivity contribution in [3.63, 3.8) is 0 Å². The van der Waals surface area contributed by atoms with Gasteiger partial charge in [0.2, 0.25) is 0 Å². The van der Waals surface area contributed by atoms with Crippen LogP contribution in [0.1, 0.15) is 27.0 Å². The van der Waals surface area contributed by atoms with Gasteiger partial charge in [-0.15, -0.1) is 0 Å². The van der Waals surface area contributed by atoms with Gasteiger partial charge in [-0.2, -0.15) is 0 Å². The van der Waals surface area contributed by atoms with Crippen LogP contribution in [-0.4, -0.2) is 16.9 Å². The van der Waals surface area contributed by atoms with Crippen molar-refractivity contribution in [2.75, 3.05) is 4.90 Å². The molecule has 0 saturated carbocycles. The lowest BCUT2D eigenvalue weighted by Gasteiger charge is -2.29. The molecule has 1 aliphatic heterocycles. The van der Waals surface area contributed by atoms with Gasteiger partial charge >= 0.3 is 0 Å². The van der Waals surface area contributed by atoms with Crippen molar-refractivity contribution in [3.8, 4) is 5.75 Å². The van der Waals surface area contributed by atoms with Gasteiger partial charge in [0.15, 0.2) is 0 Å². The smallest absolute Gasteiger partial charge is 0.265 e. The number of hydrogen-bond donors (Lipinski definition) is 1. The van der Waals surface area contributed by atoms with Crippen LogP contribution in [0.4, 0.5) is 5.69 Å². The van der Waals surface area contributed by atoms with E-state index < -0.39 is 0 Å². The van der Waals surface area contributed by atoms with Crippen molar-refractivity contribution in [2.24, 2.45) is 0 Å². The molecular formula is C23H17NO3. The third-order valence-corrected chi connectivity index (χ3v) is 4.55. The van der Waals surface area contributed by atoms with Gasteiger partial charge in [0.25, 0.3) is 11.8 Å². The van der Waals surface area contributed by atoms with Crippen molar-refractivity contribution >= 4 is 29.2 Å². The molecule has 0 atom stereocenters. The van der Waals surface area contributed by atoms with Crippen molar-refractivity contribution in [1.29, 1.82) is 0 Å². The number of rotatable bonds is 2. The molecule has 3 aromatic rings. The number of nitrogens with zero attached hydrogens (tertiary/aromatic N) is 1. The molecule has 3 aromatic carbocycles. The zero-order valence-corrected chi connectivity index (χ0v) is 14.7. The van der Waals surface area contributed by atoms with E-state index in [1.807, 2.05) is 31.2 Å². The van der Waals surface area contributed by atoms with Gasteiger partial charge in [-0.1, -0.05) is 42.5 Å². The highest BCUT2D eigenvalue weighted by Gasteiger charge is 2.35. The molecule has 0 bridgehead atoms. The summed E-state index contributed by atoms with van der Waals surface area (Å²) >= 11 is 0. The molecule has 4 heteroatoms. The number of anilines is 1. The number of amides is 2. The topological polar surface area (TPSA) is 57.6 Å². The molecule has 0 spiro atoms. The lowest BCUT2D eigenvalue weighted by atomic mass is 9.91. The second kappa shape index (κ2) is 6.57. The summed E-state index contributed by atoms with van der Waals surface area (Å²) in [5.41, 5.74) is 3.84. The Morgan fingerprint density at radius 2 is 1.52 bits per heavy atom. The standard InChI is InChI=1S/C23H17NO3/c1-15-5-4-6-17(13-15)24-22(26)20-8-3-2-7-19(20)21(23(24)27)14-16-9-11-18(25)12-10-16/h2-14,25H,1H3/b21-14+. The van der Waals surface area contributed by atoms with E-state index in [0.717, 1.165) is 11.1 Å². The minimum Gasteiger partial charge on any atom is -0.508 e. The number of hydrogen-bond acceptors (Lipinski definition) is 3. The van der Waals surface area contributed by atoms with Crippen LogP contribution in [0.25, 0.3) is 11.6 Å². The SMILES string of the molecule is Cc1cccc(N2C(=O)/C(=C/c3ccc(O)cc3)c3ccccc3C2=O)c1. The first-order chi connectivity index (χ1) is 13.0. The van der Waals surface area contributed by atoms with Gasteiger partial charge in [-0.05, 0) is 60.0 Å². The number of phenols is 1. The molecular weight excluding hydrogens is 338 g/mol. The Morgan fingerprint density at radius 3 is 2.22 bits per heavy atom. The maximum absolute atomic E-state index is 13.3. The number of phenolic OH excluding ortho intramolecular Hbond substituents is 1. The minimum atomic E-state index is -0.364. The first-order valence-corrected chi connectivity index (χ1v) is 8.60. The molecule has 1 N–H and O–H groups in total. The quantitative estimate of drug-likeness (QED) is 0.546. The summed E-state index contributed by atoms with van der Waals surface area (Å²) in [7, 11) is 0. The largest absolute Gasteiger partial charge is 0.508 e. The van der Waals surface area contributed by atoms with Crippen LogP contribution in [0, 0.1) is 6.92 Å². The molecule has 4 nitrogen and oxygen atoms in total. The van der Waals surface area contributed by atoms with E-state index in [1.54, 1.807) is 54.6 Å². The Morgan fingerprint density at radius 1 is 0.815 bits per heavy atom. The molecule has 0 unspecified atom stereocenters. The molecule has 0 aromatic heterocycles. The van der Waals surface area contributed by atoms with Crippen LogP contribution in [0.3, 0.4) is 0 Å². The highest BCUT2D eigenvalue weighted by molar-refractivity contribution is 6.43. The number of aromatic hydroxyl groups is 1. The van der Waals surface area contributed by atoms with Crippen LogP contribution in [-0.2, 0) is 4.79 Å². The number of fused-ring (bicyclic) bond motifs is 1. The van der Waals surface area contributed by atoms with E-state index in [-0.39, 0.29) is 17.6 Å². The summed E-state index contributed by atoms with van der Waals surface area (Å²) < 4.78 is 0. The normalized spacial score (nSPS) is 15.1. The van der Waals surface area contributed by atoms with Crippen LogP contribution < -0.4 is 4.90 Å². The third-order valence-electron chi connectivity index (χ3n) is 4.55. The van der Waals surface area contributed by atoms with Crippen LogP contribution in [0.5, 0.6) is 5.75 Å². The summed E-state index contributed by atoms with van der Waals surface area (Å²) in [6.07, 6.45) is 1.75. The summed E-state index contributed by atoms with van der Waals surface area (Å²) in [6.45, 7) is 1.92. The minimum absolute atomic E-state index is 0.157. The first-order valence-electron chi connectivity index (χ1n) is 8.60. The molecule has 0 saturated heterocycles. The second-order valence-electron chi connectivity index (χ2n) is 6.48. The summed E-state index contributed by atoms with van der Waals surface area (Å²) in [5.74, 6) is -0.537. The predicted molar refractivity (Wildman–Crippen MR) is 105 cm³/mol. The zero-order valence-electron chi connectivity index (χ0n) is 14.7.